The highest BCUT2D eigenvalue weighted by Crippen LogP contribution is 2.18. The smallest absolute Gasteiger partial charge is 0.142 e. The van der Waals surface area contributed by atoms with Gasteiger partial charge in [-0.05, 0) is 24.3 Å². The van der Waals surface area contributed by atoms with Crippen LogP contribution in [0.1, 0.15) is 11.4 Å². The van der Waals surface area contributed by atoms with Crippen molar-refractivity contribution in [1.29, 1.82) is 0 Å². The van der Waals surface area contributed by atoms with Gasteiger partial charge >= 0.3 is 0 Å². The van der Waals surface area contributed by atoms with Crippen LogP contribution in [0.5, 0.6) is 5.75 Å². The van der Waals surface area contributed by atoms with Crippen molar-refractivity contribution in [3.63, 3.8) is 0 Å². The molecule has 0 saturated carbocycles. The molecule has 1 aromatic carbocycles. The largest absolute Gasteiger partial charge is 0.506 e. The van der Waals surface area contributed by atoms with E-state index in [-0.39, 0.29) is 5.75 Å². The summed E-state index contributed by atoms with van der Waals surface area (Å²) in [6.45, 7) is 4.85. The Hall–Kier alpha value is -2.40. The molecule has 0 spiro atoms. The average Bonchev–Trinajstić information content (AvgIpc) is 2.60. The van der Waals surface area contributed by atoms with E-state index in [1.807, 2.05) is 12.1 Å². The van der Waals surface area contributed by atoms with Crippen molar-refractivity contribution in [2.75, 3.05) is 38.1 Å². The van der Waals surface area contributed by atoms with Crippen molar-refractivity contribution in [1.82, 2.24) is 9.88 Å². The molecule has 2 aromatic rings. The van der Waals surface area contributed by atoms with Crippen molar-refractivity contribution < 1.29 is 5.11 Å². The lowest BCUT2D eigenvalue weighted by atomic mass is 10.2. The van der Waals surface area contributed by atoms with Crippen LogP contribution in [0.4, 0.5) is 5.69 Å². The van der Waals surface area contributed by atoms with Gasteiger partial charge in [-0.2, -0.15) is 0 Å². The molecular formula is C18H22N4O. The molecule has 1 fully saturated rings. The lowest BCUT2D eigenvalue weighted by Crippen LogP contribution is -2.46. The van der Waals surface area contributed by atoms with Gasteiger partial charge in [-0.3, -0.25) is 9.89 Å². The highest BCUT2D eigenvalue weighted by atomic mass is 16.3. The first-order chi connectivity index (χ1) is 11.3. The van der Waals surface area contributed by atoms with Crippen molar-refractivity contribution in [3.05, 3.63) is 53.9 Å². The van der Waals surface area contributed by atoms with Crippen LogP contribution >= 0.6 is 0 Å². The summed E-state index contributed by atoms with van der Waals surface area (Å²) in [5.41, 5.74) is 2.79. The molecule has 0 bridgehead atoms. The average molecular weight is 310 g/mol. The van der Waals surface area contributed by atoms with Gasteiger partial charge in [0.1, 0.15) is 11.4 Å². The molecule has 1 saturated heterocycles. The molecule has 0 aliphatic carbocycles. The fourth-order valence-electron chi connectivity index (χ4n) is 2.85. The fraction of sp³-hybridized carbons (Fsp3) is 0.333. The molecule has 5 heteroatoms. The van der Waals surface area contributed by atoms with E-state index in [0.717, 1.165) is 38.4 Å². The van der Waals surface area contributed by atoms with Crippen LogP contribution in [0, 0.1) is 0 Å². The van der Waals surface area contributed by atoms with Crippen molar-refractivity contribution in [2.45, 2.75) is 6.54 Å². The van der Waals surface area contributed by atoms with Crippen LogP contribution in [-0.4, -0.2) is 54.4 Å². The highest BCUT2D eigenvalue weighted by molar-refractivity contribution is 5.80. The number of piperazine rings is 1. The minimum absolute atomic E-state index is 0.174. The fourth-order valence-corrected chi connectivity index (χ4v) is 2.85. The monoisotopic (exact) mass is 310 g/mol. The lowest BCUT2D eigenvalue weighted by molar-refractivity contribution is 0.247. The summed E-state index contributed by atoms with van der Waals surface area (Å²) in [5.74, 6) is 0.174. The molecule has 1 aliphatic heterocycles. The number of aromatic nitrogens is 1. The number of hydrogen-bond acceptors (Lipinski definition) is 5. The Morgan fingerprint density at radius 2 is 1.83 bits per heavy atom. The van der Waals surface area contributed by atoms with E-state index in [1.54, 1.807) is 19.3 Å². The molecule has 1 aromatic heterocycles. The number of pyridine rings is 1. The van der Waals surface area contributed by atoms with Gasteiger partial charge in [0.2, 0.25) is 0 Å². The first-order valence-electron chi connectivity index (χ1n) is 7.89. The molecule has 23 heavy (non-hydrogen) atoms. The third-order valence-corrected chi connectivity index (χ3v) is 4.09. The summed E-state index contributed by atoms with van der Waals surface area (Å²) in [7, 11) is 1.68. The van der Waals surface area contributed by atoms with Gasteiger partial charge in [0.05, 0.1) is 11.9 Å². The number of rotatable bonds is 4. The predicted molar refractivity (Wildman–Crippen MR) is 93.4 cm³/mol. The zero-order chi connectivity index (χ0) is 16.1. The highest BCUT2D eigenvalue weighted by Gasteiger charge is 2.17. The molecule has 0 unspecified atom stereocenters. The van der Waals surface area contributed by atoms with Gasteiger partial charge in [-0.25, -0.2) is 4.98 Å². The quantitative estimate of drug-likeness (QED) is 0.879. The number of hydrogen-bond donors (Lipinski definition) is 1. The molecule has 5 nitrogen and oxygen atoms in total. The van der Waals surface area contributed by atoms with Gasteiger partial charge in [-0.15, -0.1) is 0 Å². The Morgan fingerprint density at radius 1 is 1.09 bits per heavy atom. The van der Waals surface area contributed by atoms with E-state index in [9.17, 15) is 5.11 Å². The normalized spacial score (nSPS) is 16.1. The lowest BCUT2D eigenvalue weighted by Gasteiger charge is -2.36. The Morgan fingerprint density at radius 3 is 2.52 bits per heavy atom. The molecule has 0 amide bonds. The molecule has 0 radical (unpaired) electrons. The number of aliphatic imine (C=N–C) groups is 1. The Labute approximate surface area is 136 Å². The Bertz CT molecular complexity index is 664. The van der Waals surface area contributed by atoms with E-state index in [0.29, 0.717) is 5.69 Å². The summed E-state index contributed by atoms with van der Waals surface area (Å²) in [6.07, 6.45) is 1.59. The molecule has 1 aliphatic rings. The summed E-state index contributed by atoms with van der Waals surface area (Å²) in [6, 6.07) is 14.1. The third kappa shape index (κ3) is 3.87. The van der Waals surface area contributed by atoms with Crippen molar-refractivity contribution in [2.24, 2.45) is 4.99 Å². The zero-order valence-electron chi connectivity index (χ0n) is 13.4. The number of benzene rings is 1. The van der Waals surface area contributed by atoms with Crippen LogP contribution in [0.25, 0.3) is 0 Å². The summed E-state index contributed by atoms with van der Waals surface area (Å²) >= 11 is 0. The van der Waals surface area contributed by atoms with E-state index in [2.05, 4.69) is 44.0 Å². The maximum Gasteiger partial charge on any atom is 0.142 e. The van der Waals surface area contributed by atoms with Crippen LogP contribution in [0.15, 0.2) is 47.5 Å². The minimum atomic E-state index is 0.174. The van der Waals surface area contributed by atoms with Gasteiger partial charge < -0.3 is 10.0 Å². The Balaban J connectivity index is 1.60. The van der Waals surface area contributed by atoms with Crippen molar-refractivity contribution in [3.8, 4) is 5.75 Å². The zero-order valence-corrected chi connectivity index (χ0v) is 13.4. The molecule has 120 valence electrons. The second-order valence-electron chi connectivity index (χ2n) is 5.69. The molecule has 0 atom stereocenters. The first kappa shape index (κ1) is 15.5. The van der Waals surface area contributed by atoms with Gasteiger partial charge in [0.15, 0.2) is 0 Å². The maximum absolute atomic E-state index is 9.76. The molecule has 1 N–H and O–H groups in total. The van der Waals surface area contributed by atoms with Crippen LogP contribution < -0.4 is 4.90 Å². The van der Waals surface area contributed by atoms with Crippen LogP contribution in [0.3, 0.4) is 0 Å². The molecule has 2 heterocycles. The maximum atomic E-state index is 9.76. The van der Waals surface area contributed by atoms with E-state index in [4.69, 9.17) is 0 Å². The second kappa shape index (κ2) is 7.24. The predicted octanol–water partition coefficient (Wildman–Crippen LogP) is 2.16. The van der Waals surface area contributed by atoms with Crippen LogP contribution in [-0.2, 0) is 6.54 Å². The van der Waals surface area contributed by atoms with Gasteiger partial charge in [-0.1, -0.05) is 18.2 Å². The SMILES string of the molecule is CN=Cc1nc(CN2CCN(c3ccccc3)CC2)ccc1O. The number of nitrogens with zero attached hydrogens (tertiary/aromatic N) is 4. The third-order valence-electron chi connectivity index (χ3n) is 4.09. The minimum Gasteiger partial charge on any atom is -0.506 e. The number of para-hydroxylation sites is 1. The molecular weight excluding hydrogens is 288 g/mol. The van der Waals surface area contributed by atoms with Crippen molar-refractivity contribution >= 4 is 11.9 Å². The second-order valence-corrected chi connectivity index (χ2v) is 5.69. The number of aromatic hydroxyl groups is 1. The Kier molecular flexibility index (Phi) is 4.88. The summed E-state index contributed by atoms with van der Waals surface area (Å²) in [5, 5.41) is 9.76. The standard InChI is InChI=1S/C18H22N4O/c1-19-13-17-18(23)8-7-15(20-17)14-21-9-11-22(12-10-21)16-5-3-2-4-6-16/h2-8,13,23H,9-12,14H2,1H3. The first-order valence-corrected chi connectivity index (χ1v) is 7.89. The van der Waals surface area contributed by atoms with E-state index in [1.165, 1.54) is 5.69 Å². The van der Waals surface area contributed by atoms with Gasteiger partial charge in [0.25, 0.3) is 0 Å². The molecule has 3 rings (SSSR count). The van der Waals surface area contributed by atoms with Gasteiger partial charge in [0, 0.05) is 45.5 Å². The summed E-state index contributed by atoms with van der Waals surface area (Å²) in [4.78, 5) is 13.2. The topological polar surface area (TPSA) is 52.0 Å². The van der Waals surface area contributed by atoms with Crippen LogP contribution in [0.2, 0.25) is 0 Å². The van der Waals surface area contributed by atoms with E-state index >= 15 is 0 Å². The van der Waals surface area contributed by atoms with E-state index < -0.39 is 0 Å². The summed E-state index contributed by atoms with van der Waals surface area (Å²) < 4.78 is 0. The number of anilines is 1.